The second-order valence-corrected chi connectivity index (χ2v) is 4.16. The Balaban J connectivity index is 1.77. The van der Waals surface area contributed by atoms with E-state index in [1.165, 1.54) is 4.68 Å². The number of fused-ring (bicyclic) bond motifs is 1. The van der Waals surface area contributed by atoms with E-state index in [1.807, 2.05) is 54.6 Å². The SMILES string of the molecule is O=C(OCc1ccccc1)n1ncc2ccccc21. The number of hydrogen-bond donors (Lipinski definition) is 0. The minimum absolute atomic E-state index is 0.244. The highest BCUT2D eigenvalue weighted by Crippen LogP contribution is 2.13. The molecule has 3 aromatic rings. The standard InChI is InChI=1S/C15H12N2O2/c18-15(19-11-12-6-2-1-3-7-12)17-14-9-5-4-8-13(14)10-16-17/h1-10H,11H2. The average Bonchev–Trinajstić information content (AvgIpc) is 2.90. The van der Waals surface area contributed by atoms with Crippen molar-refractivity contribution < 1.29 is 9.53 Å². The molecule has 4 heteroatoms. The first kappa shape index (κ1) is 11.5. The van der Waals surface area contributed by atoms with Crippen LogP contribution in [0.4, 0.5) is 4.79 Å². The van der Waals surface area contributed by atoms with Gasteiger partial charge in [0.05, 0.1) is 11.7 Å². The maximum Gasteiger partial charge on any atom is 0.435 e. The number of rotatable bonds is 2. The van der Waals surface area contributed by atoms with E-state index >= 15 is 0 Å². The van der Waals surface area contributed by atoms with Gasteiger partial charge >= 0.3 is 6.09 Å². The number of para-hydroxylation sites is 1. The monoisotopic (exact) mass is 252 g/mol. The predicted octanol–water partition coefficient (Wildman–Crippen LogP) is 3.22. The van der Waals surface area contributed by atoms with Crippen molar-refractivity contribution in [2.24, 2.45) is 0 Å². The molecule has 0 saturated carbocycles. The molecule has 94 valence electrons. The lowest BCUT2D eigenvalue weighted by Crippen LogP contribution is -2.14. The second-order valence-electron chi connectivity index (χ2n) is 4.16. The van der Waals surface area contributed by atoms with Crippen LogP contribution in [0.5, 0.6) is 0 Å². The van der Waals surface area contributed by atoms with Crippen LogP contribution in [0.25, 0.3) is 10.9 Å². The molecule has 2 aromatic carbocycles. The molecular weight excluding hydrogens is 240 g/mol. The van der Waals surface area contributed by atoms with E-state index in [1.54, 1.807) is 6.20 Å². The highest BCUT2D eigenvalue weighted by molar-refractivity contribution is 5.87. The zero-order valence-electron chi connectivity index (χ0n) is 10.2. The third kappa shape index (κ3) is 2.33. The molecule has 0 fully saturated rings. The third-order valence-electron chi connectivity index (χ3n) is 2.86. The van der Waals surface area contributed by atoms with Gasteiger partial charge in [0.15, 0.2) is 0 Å². The number of ether oxygens (including phenoxy) is 1. The maximum absolute atomic E-state index is 12.0. The minimum Gasteiger partial charge on any atom is -0.443 e. The lowest BCUT2D eigenvalue weighted by atomic mass is 10.2. The van der Waals surface area contributed by atoms with Gasteiger partial charge in [0.25, 0.3) is 0 Å². The number of hydrogen-bond acceptors (Lipinski definition) is 3. The van der Waals surface area contributed by atoms with Gasteiger partial charge in [0.2, 0.25) is 0 Å². The van der Waals surface area contributed by atoms with Crippen LogP contribution in [-0.2, 0) is 11.3 Å². The number of carbonyl (C=O) groups excluding carboxylic acids is 1. The van der Waals surface area contributed by atoms with Gasteiger partial charge in [-0.05, 0) is 11.6 Å². The van der Waals surface area contributed by atoms with Crippen molar-refractivity contribution >= 4 is 17.0 Å². The zero-order valence-corrected chi connectivity index (χ0v) is 10.2. The molecule has 0 amide bonds. The van der Waals surface area contributed by atoms with Crippen molar-refractivity contribution in [2.45, 2.75) is 6.61 Å². The lowest BCUT2D eigenvalue weighted by Gasteiger charge is -2.05. The number of aromatic nitrogens is 2. The molecule has 0 N–H and O–H groups in total. The summed E-state index contributed by atoms with van der Waals surface area (Å²) in [4.78, 5) is 12.0. The summed E-state index contributed by atoms with van der Waals surface area (Å²) in [6, 6.07) is 17.1. The molecule has 0 aliphatic rings. The van der Waals surface area contributed by atoms with Crippen molar-refractivity contribution in [1.29, 1.82) is 0 Å². The molecule has 0 aliphatic heterocycles. The molecule has 1 heterocycles. The summed E-state index contributed by atoms with van der Waals surface area (Å²) >= 11 is 0. The Hall–Kier alpha value is -2.62. The van der Waals surface area contributed by atoms with E-state index in [0.717, 1.165) is 16.5 Å². The Morgan fingerprint density at radius 2 is 1.79 bits per heavy atom. The van der Waals surface area contributed by atoms with Crippen LogP contribution >= 0.6 is 0 Å². The van der Waals surface area contributed by atoms with E-state index in [2.05, 4.69) is 5.10 Å². The summed E-state index contributed by atoms with van der Waals surface area (Å²) in [5.41, 5.74) is 1.70. The van der Waals surface area contributed by atoms with Gasteiger partial charge < -0.3 is 4.74 Å². The third-order valence-corrected chi connectivity index (χ3v) is 2.86. The highest BCUT2D eigenvalue weighted by Gasteiger charge is 2.11. The predicted molar refractivity (Wildman–Crippen MR) is 71.8 cm³/mol. The van der Waals surface area contributed by atoms with Gasteiger partial charge in [-0.15, -0.1) is 0 Å². The summed E-state index contributed by atoms with van der Waals surface area (Å²) in [6.45, 7) is 0.244. The van der Waals surface area contributed by atoms with E-state index in [4.69, 9.17) is 4.74 Å². The van der Waals surface area contributed by atoms with Crippen LogP contribution < -0.4 is 0 Å². The van der Waals surface area contributed by atoms with Gasteiger partial charge in [-0.3, -0.25) is 0 Å². The molecule has 0 bridgehead atoms. The van der Waals surface area contributed by atoms with Crippen molar-refractivity contribution in [3.63, 3.8) is 0 Å². The molecule has 0 radical (unpaired) electrons. The van der Waals surface area contributed by atoms with Crippen LogP contribution in [0, 0.1) is 0 Å². The smallest absolute Gasteiger partial charge is 0.435 e. The molecule has 0 spiro atoms. The molecular formula is C15H12N2O2. The van der Waals surface area contributed by atoms with Gasteiger partial charge in [-0.2, -0.15) is 9.78 Å². The zero-order chi connectivity index (χ0) is 13.1. The fraction of sp³-hybridized carbons (Fsp3) is 0.0667. The topological polar surface area (TPSA) is 44.1 Å². The number of benzene rings is 2. The van der Waals surface area contributed by atoms with E-state index in [0.29, 0.717) is 0 Å². The average molecular weight is 252 g/mol. The second kappa shape index (κ2) is 4.94. The Morgan fingerprint density at radius 1 is 1.05 bits per heavy atom. The molecule has 3 rings (SSSR count). The molecule has 0 unspecified atom stereocenters. The molecule has 4 nitrogen and oxygen atoms in total. The first-order valence-electron chi connectivity index (χ1n) is 5.98. The fourth-order valence-corrected chi connectivity index (χ4v) is 1.90. The van der Waals surface area contributed by atoms with Gasteiger partial charge in [-0.25, -0.2) is 4.79 Å². The van der Waals surface area contributed by atoms with Crippen molar-refractivity contribution in [1.82, 2.24) is 9.78 Å². The van der Waals surface area contributed by atoms with Crippen molar-refractivity contribution in [3.8, 4) is 0 Å². The first-order chi connectivity index (χ1) is 9.34. The number of carbonyl (C=O) groups is 1. The van der Waals surface area contributed by atoms with E-state index in [9.17, 15) is 4.79 Å². The summed E-state index contributed by atoms with van der Waals surface area (Å²) in [5.74, 6) is 0. The molecule has 1 aromatic heterocycles. The Kier molecular flexibility index (Phi) is 2.98. The summed E-state index contributed by atoms with van der Waals surface area (Å²) in [5, 5.41) is 4.97. The molecule has 0 saturated heterocycles. The van der Waals surface area contributed by atoms with Crippen LogP contribution in [0.2, 0.25) is 0 Å². The molecule has 0 aliphatic carbocycles. The quantitative estimate of drug-likeness (QED) is 0.703. The fourth-order valence-electron chi connectivity index (χ4n) is 1.90. The molecule has 0 atom stereocenters. The minimum atomic E-state index is -0.468. The molecule has 19 heavy (non-hydrogen) atoms. The Bertz CT molecular complexity index is 704. The Labute approximate surface area is 110 Å². The summed E-state index contributed by atoms with van der Waals surface area (Å²) < 4.78 is 6.52. The Morgan fingerprint density at radius 3 is 2.63 bits per heavy atom. The summed E-state index contributed by atoms with van der Waals surface area (Å²) in [7, 11) is 0. The normalized spacial score (nSPS) is 10.5. The number of nitrogens with zero attached hydrogens (tertiary/aromatic N) is 2. The van der Waals surface area contributed by atoms with E-state index < -0.39 is 6.09 Å². The van der Waals surface area contributed by atoms with Crippen molar-refractivity contribution in [3.05, 3.63) is 66.4 Å². The first-order valence-corrected chi connectivity index (χ1v) is 5.98. The van der Waals surface area contributed by atoms with Crippen LogP contribution in [0.3, 0.4) is 0 Å². The maximum atomic E-state index is 12.0. The van der Waals surface area contributed by atoms with E-state index in [-0.39, 0.29) is 6.61 Å². The van der Waals surface area contributed by atoms with Gasteiger partial charge in [0, 0.05) is 5.39 Å². The van der Waals surface area contributed by atoms with Gasteiger partial charge in [-0.1, -0.05) is 48.5 Å². The lowest BCUT2D eigenvalue weighted by molar-refractivity contribution is 0.139. The largest absolute Gasteiger partial charge is 0.443 e. The summed E-state index contributed by atoms with van der Waals surface area (Å²) in [6.07, 6.45) is 1.18. The van der Waals surface area contributed by atoms with Crippen LogP contribution in [-0.4, -0.2) is 15.9 Å². The van der Waals surface area contributed by atoms with Crippen molar-refractivity contribution in [2.75, 3.05) is 0 Å². The van der Waals surface area contributed by atoms with Crippen LogP contribution in [0.1, 0.15) is 5.56 Å². The highest BCUT2D eigenvalue weighted by atomic mass is 16.6. The van der Waals surface area contributed by atoms with Crippen LogP contribution in [0.15, 0.2) is 60.8 Å². The van der Waals surface area contributed by atoms with Gasteiger partial charge in [0.1, 0.15) is 6.61 Å².